The van der Waals surface area contributed by atoms with Gasteiger partial charge in [0.05, 0.1) is 25.1 Å². The minimum absolute atomic E-state index is 0.0826. The average molecular weight is 383 g/mol. The number of piperidine rings is 1. The second-order valence-corrected chi connectivity index (χ2v) is 7.01. The van der Waals surface area contributed by atoms with E-state index in [1.807, 2.05) is 36.1 Å². The number of rotatable bonds is 8. The Labute approximate surface area is 166 Å². The first-order valence-electron chi connectivity index (χ1n) is 10.0. The lowest BCUT2D eigenvalue weighted by atomic mass is 9.99. The number of carbonyl (C=O) groups is 1. The third-order valence-corrected chi connectivity index (χ3v) is 4.84. The van der Waals surface area contributed by atoms with Crippen LogP contribution < -0.4 is 10.1 Å². The molecule has 1 unspecified atom stereocenters. The monoisotopic (exact) mass is 383 g/mol. The Kier molecular flexibility index (Phi) is 7.67. The zero-order valence-electron chi connectivity index (χ0n) is 16.5. The summed E-state index contributed by atoms with van der Waals surface area (Å²) in [6, 6.07) is 13.7. The molecule has 0 saturated carbocycles. The molecule has 1 aromatic carbocycles. The maximum atomic E-state index is 12.5. The molecule has 3 rings (SSSR count). The molecule has 1 aliphatic rings. The molecule has 6 heteroatoms. The Balaban J connectivity index is 1.43. The molecule has 1 aliphatic heterocycles. The molecule has 0 aliphatic carbocycles. The van der Waals surface area contributed by atoms with E-state index >= 15 is 0 Å². The number of nitrogens with zero attached hydrogens (tertiary/aromatic N) is 2. The second-order valence-electron chi connectivity index (χ2n) is 7.01. The molecule has 28 heavy (non-hydrogen) atoms. The number of ether oxygens (including phenoxy) is 2. The van der Waals surface area contributed by atoms with Gasteiger partial charge in [-0.2, -0.15) is 0 Å². The lowest BCUT2D eigenvalue weighted by Crippen LogP contribution is -2.43. The summed E-state index contributed by atoms with van der Waals surface area (Å²) >= 11 is 0. The number of amides is 2. The van der Waals surface area contributed by atoms with Crippen molar-refractivity contribution in [1.82, 2.24) is 9.88 Å². The third-order valence-electron chi connectivity index (χ3n) is 4.84. The van der Waals surface area contributed by atoms with Crippen LogP contribution in [-0.4, -0.2) is 48.8 Å². The van der Waals surface area contributed by atoms with E-state index in [0.29, 0.717) is 30.7 Å². The fourth-order valence-electron chi connectivity index (χ4n) is 3.33. The predicted octanol–water partition coefficient (Wildman–Crippen LogP) is 3.98. The Morgan fingerprint density at radius 1 is 1.25 bits per heavy atom. The van der Waals surface area contributed by atoms with Crippen molar-refractivity contribution < 1.29 is 14.3 Å². The lowest BCUT2D eigenvalue weighted by molar-refractivity contribution is 0.0777. The van der Waals surface area contributed by atoms with Crippen molar-refractivity contribution in [1.29, 1.82) is 0 Å². The van der Waals surface area contributed by atoms with Crippen molar-refractivity contribution in [2.45, 2.75) is 26.2 Å². The zero-order valence-corrected chi connectivity index (χ0v) is 16.5. The van der Waals surface area contributed by atoms with Crippen molar-refractivity contribution in [3.8, 4) is 5.88 Å². The van der Waals surface area contributed by atoms with E-state index in [0.717, 1.165) is 39.0 Å². The summed E-state index contributed by atoms with van der Waals surface area (Å²) in [5.41, 5.74) is 1.91. The van der Waals surface area contributed by atoms with Gasteiger partial charge in [0.2, 0.25) is 5.88 Å². The highest BCUT2D eigenvalue weighted by Gasteiger charge is 2.23. The summed E-state index contributed by atoms with van der Waals surface area (Å²) < 4.78 is 11.2. The quantitative estimate of drug-likeness (QED) is 0.749. The maximum absolute atomic E-state index is 12.5. The number of hydrogen-bond acceptors (Lipinski definition) is 4. The van der Waals surface area contributed by atoms with Crippen LogP contribution in [-0.2, 0) is 11.2 Å². The van der Waals surface area contributed by atoms with Crippen molar-refractivity contribution in [3.05, 3.63) is 54.2 Å². The number of aromatic nitrogens is 1. The molecule has 1 aromatic heterocycles. The smallest absolute Gasteiger partial charge is 0.321 e. The van der Waals surface area contributed by atoms with Crippen LogP contribution in [0.4, 0.5) is 10.5 Å². The standard InChI is InChI=1S/C22H29N3O3/c1-2-27-17-19-9-6-13-25(16-19)22(26)24-20-10-11-21(23-15-20)28-14-12-18-7-4-3-5-8-18/h3-5,7-8,10-11,15,19H,2,6,9,12-14,16-17H2,1H3,(H,24,26). The first-order valence-corrected chi connectivity index (χ1v) is 10.0. The lowest BCUT2D eigenvalue weighted by Gasteiger charge is -2.32. The number of nitrogens with one attached hydrogen (secondary N) is 1. The fourth-order valence-corrected chi connectivity index (χ4v) is 3.33. The van der Waals surface area contributed by atoms with Crippen LogP contribution in [0.5, 0.6) is 5.88 Å². The molecule has 1 fully saturated rings. The summed E-state index contributed by atoms with van der Waals surface area (Å²) in [6.07, 6.45) is 4.59. The van der Waals surface area contributed by atoms with Gasteiger partial charge in [-0.05, 0) is 31.4 Å². The van der Waals surface area contributed by atoms with Gasteiger partial charge >= 0.3 is 6.03 Å². The summed E-state index contributed by atoms with van der Waals surface area (Å²) in [5, 5.41) is 2.93. The van der Waals surface area contributed by atoms with Crippen LogP contribution in [0.2, 0.25) is 0 Å². The van der Waals surface area contributed by atoms with E-state index in [1.165, 1.54) is 5.56 Å². The molecular weight excluding hydrogens is 354 g/mol. The van der Waals surface area contributed by atoms with Crippen LogP contribution in [0.25, 0.3) is 0 Å². The van der Waals surface area contributed by atoms with Gasteiger partial charge in [0.25, 0.3) is 0 Å². The van der Waals surface area contributed by atoms with Gasteiger partial charge < -0.3 is 19.7 Å². The SMILES string of the molecule is CCOCC1CCCN(C(=O)Nc2ccc(OCCc3ccccc3)nc2)C1. The van der Waals surface area contributed by atoms with Gasteiger partial charge in [0.15, 0.2) is 0 Å². The number of hydrogen-bond donors (Lipinski definition) is 1. The number of likely N-dealkylation sites (tertiary alicyclic amines) is 1. The van der Waals surface area contributed by atoms with E-state index in [-0.39, 0.29) is 6.03 Å². The number of pyridine rings is 1. The van der Waals surface area contributed by atoms with Crippen molar-refractivity contribution >= 4 is 11.7 Å². The predicted molar refractivity (Wildman–Crippen MR) is 110 cm³/mol. The highest BCUT2D eigenvalue weighted by molar-refractivity contribution is 5.89. The van der Waals surface area contributed by atoms with Crippen LogP contribution in [0.3, 0.4) is 0 Å². The summed E-state index contributed by atoms with van der Waals surface area (Å²) in [6.45, 7) is 5.51. The Morgan fingerprint density at radius 3 is 2.86 bits per heavy atom. The normalized spacial score (nSPS) is 16.6. The summed E-state index contributed by atoms with van der Waals surface area (Å²) in [5.74, 6) is 0.974. The largest absolute Gasteiger partial charge is 0.477 e. The van der Waals surface area contributed by atoms with Crippen LogP contribution in [0.15, 0.2) is 48.7 Å². The Hall–Kier alpha value is -2.60. The van der Waals surface area contributed by atoms with E-state index in [9.17, 15) is 4.79 Å². The molecule has 0 spiro atoms. The minimum atomic E-state index is -0.0826. The molecular formula is C22H29N3O3. The van der Waals surface area contributed by atoms with Gasteiger partial charge in [-0.15, -0.1) is 0 Å². The van der Waals surface area contributed by atoms with E-state index in [2.05, 4.69) is 22.4 Å². The van der Waals surface area contributed by atoms with Crippen LogP contribution in [0.1, 0.15) is 25.3 Å². The highest BCUT2D eigenvalue weighted by atomic mass is 16.5. The minimum Gasteiger partial charge on any atom is -0.477 e. The zero-order chi connectivity index (χ0) is 19.6. The van der Waals surface area contributed by atoms with Gasteiger partial charge in [0, 0.05) is 38.1 Å². The number of urea groups is 1. The molecule has 150 valence electrons. The highest BCUT2D eigenvalue weighted by Crippen LogP contribution is 2.19. The fraction of sp³-hybridized carbons (Fsp3) is 0.455. The molecule has 0 bridgehead atoms. The second kappa shape index (κ2) is 10.7. The molecule has 1 atom stereocenters. The van der Waals surface area contributed by atoms with Crippen molar-refractivity contribution in [3.63, 3.8) is 0 Å². The number of anilines is 1. The van der Waals surface area contributed by atoms with Gasteiger partial charge in [-0.1, -0.05) is 30.3 Å². The third kappa shape index (κ3) is 6.23. The molecule has 2 aromatic rings. The van der Waals surface area contributed by atoms with E-state index in [1.54, 1.807) is 12.3 Å². The van der Waals surface area contributed by atoms with Crippen LogP contribution >= 0.6 is 0 Å². The summed E-state index contributed by atoms with van der Waals surface area (Å²) in [4.78, 5) is 18.7. The van der Waals surface area contributed by atoms with E-state index < -0.39 is 0 Å². The number of benzene rings is 1. The average Bonchev–Trinajstić information content (AvgIpc) is 2.74. The van der Waals surface area contributed by atoms with E-state index in [4.69, 9.17) is 9.47 Å². The molecule has 0 radical (unpaired) electrons. The molecule has 1 saturated heterocycles. The van der Waals surface area contributed by atoms with Crippen LogP contribution in [0, 0.1) is 5.92 Å². The molecule has 1 N–H and O–H groups in total. The van der Waals surface area contributed by atoms with Crippen molar-refractivity contribution in [2.75, 3.05) is 38.2 Å². The molecule has 2 heterocycles. The van der Waals surface area contributed by atoms with Crippen molar-refractivity contribution in [2.24, 2.45) is 5.92 Å². The first kappa shape index (κ1) is 20.1. The summed E-state index contributed by atoms with van der Waals surface area (Å²) in [7, 11) is 0. The van der Waals surface area contributed by atoms with Gasteiger partial charge in [-0.3, -0.25) is 0 Å². The first-order chi connectivity index (χ1) is 13.7. The molecule has 6 nitrogen and oxygen atoms in total. The van der Waals surface area contributed by atoms with Gasteiger partial charge in [-0.25, -0.2) is 9.78 Å². The Morgan fingerprint density at radius 2 is 2.11 bits per heavy atom. The van der Waals surface area contributed by atoms with Gasteiger partial charge in [0.1, 0.15) is 0 Å². The maximum Gasteiger partial charge on any atom is 0.321 e. The number of carbonyl (C=O) groups excluding carboxylic acids is 1. The molecule has 2 amide bonds. The Bertz CT molecular complexity index is 722. The topological polar surface area (TPSA) is 63.7 Å².